The summed E-state index contributed by atoms with van der Waals surface area (Å²) in [5.74, 6) is 2.22. The minimum atomic E-state index is -0.665. The zero-order chi connectivity index (χ0) is 27.8. The quantitative estimate of drug-likeness (QED) is 0.272. The summed E-state index contributed by atoms with van der Waals surface area (Å²) in [6.45, 7) is 4.43. The number of aromatic amines is 2. The smallest absolute Gasteiger partial charge is 0.407 e. The summed E-state index contributed by atoms with van der Waals surface area (Å²) < 4.78 is 11.0. The van der Waals surface area contributed by atoms with Crippen molar-refractivity contribution >= 4 is 12.0 Å². The van der Waals surface area contributed by atoms with Crippen molar-refractivity contribution in [3.8, 4) is 34.0 Å². The number of nitrogens with one attached hydrogen (secondary N) is 3. The SMILES string of the molecule is COC(=O)NC(C(=O)N1CCCC1c1ncc(-c2ccc3c(c2)Cc2ccc(-c4cnc[nH]4)cc2O3)[nH]1)C(C)C. The fraction of sp³-hybridized carbons (Fsp3) is 0.333. The molecule has 40 heavy (non-hydrogen) atoms. The Morgan fingerprint density at radius 1 is 1.07 bits per heavy atom. The number of alkyl carbamates (subject to hydrolysis) is 1. The van der Waals surface area contributed by atoms with Gasteiger partial charge in [-0.1, -0.05) is 26.0 Å². The lowest BCUT2D eigenvalue weighted by atomic mass is 9.96. The maximum atomic E-state index is 13.4. The van der Waals surface area contributed by atoms with Gasteiger partial charge in [-0.05, 0) is 54.2 Å². The zero-order valence-electron chi connectivity index (χ0n) is 22.7. The van der Waals surface area contributed by atoms with Crippen molar-refractivity contribution in [2.45, 2.75) is 45.2 Å². The van der Waals surface area contributed by atoms with Crippen molar-refractivity contribution in [2.75, 3.05) is 13.7 Å². The molecular weight excluding hydrogens is 508 g/mol. The van der Waals surface area contributed by atoms with E-state index in [0.717, 1.165) is 70.2 Å². The number of imidazole rings is 2. The Bertz CT molecular complexity index is 1540. The number of carbonyl (C=O) groups is 2. The van der Waals surface area contributed by atoms with Crippen LogP contribution in [0.4, 0.5) is 4.79 Å². The largest absolute Gasteiger partial charge is 0.457 e. The molecule has 0 saturated carbocycles. The van der Waals surface area contributed by atoms with E-state index in [4.69, 9.17) is 9.47 Å². The highest BCUT2D eigenvalue weighted by Gasteiger charge is 2.37. The second-order valence-electron chi connectivity index (χ2n) is 10.6. The lowest BCUT2D eigenvalue weighted by Gasteiger charge is -2.30. The number of hydrogen-bond acceptors (Lipinski definition) is 6. The molecule has 1 fully saturated rings. The Morgan fingerprint density at radius 2 is 1.90 bits per heavy atom. The normalized spacial score (nSPS) is 16.7. The number of likely N-dealkylation sites (tertiary alicyclic amines) is 1. The van der Waals surface area contributed by atoms with Gasteiger partial charge in [0.15, 0.2) is 0 Å². The molecule has 2 amide bonds. The number of amides is 2. The Morgan fingerprint density at radius 3 is 2.67 bits per heavy atom. The molecule has 2 aliphatic heterocycles. The highest BCUT2D eigenvalue weighted by molar-refractivity contribution is 5.86. The van der Waals surface area contributed by atoms with Crippen molar-refractivity contribution in [1.82, 2.24) is 30.2 Å². The van der Waals surface area contributed by atoms with Crippen molar-refractivity contribution in [3.05, 3.63) is 72.1 Å². The van der Waals surface area contributed by atoms with E-state index in [1.807, 2.05) is 43.1 Å². The number of aromatic nitrogens is 4. The maximum absolute atomic E-state index is 13.4. The average Bonchev–Trinajstić information content (AvgIpc) is 3.75. The fourth-order valence-electron chi connectivity index (χ4n) is 5.53. The van der Waals surface area contributed by atoms with Gasteiger partial charge in [0.2, 0.25) is 5.91 Å². The van der Waals surface area contributed by atoms with Crippen LogP contribution in [0, 0.1) is 5.92 Å². The van der Waals surface area contributed by atoms with Crippen LogP contribution in [-0.4, -0.2) is 56.5 Å². The fourth-order valence-corrected chi connectivity index (χ4v) is 5.53. The number of hydrogen-bond donors (Lipinski definition) is 3. The van der Waals surface area contributed by atoms with Gasteiger partial charge in [-0.25, -0.2) is 14.8 Å². The molecule has 4 heterocycles. The minimum absolute atomic E-state index is 0.0834. The van der Waals surface area contributed by atoms with Crippen LogP contribution in [-0.2, 0) is 16.0 Å². The Labute approximate surface area is 232 Å². The van der Waals surface area contributed by atoms with Gasteiger partial charge < -0.3 is 29.7 Å². The molecular formula is C30H32N6O4. The van der Waals surface area contributed by atoms with Crippen LogP contribution in [0.25, 0.3) is 22.5 Å². The predicted molar refractivity (Wildman–Crippen MR) is 149 cm³/mol. The number of benzene rings is 2. The summed E-state index contributed by atoms with van der Waals surface area (Å²) in [7, 11) is 1.30. The molecule has 0 aliphatic carbocycles. The van der Waals surface area contributed by atoms with Crippen LogP contribution in [0.3, 0.4) is 0 Å². The second kappa shape index (κ2) is 10.5. The molecule has 206 valence electrons. The van der Waals surface area contributed by atoms with E-state index in [-0.39, 0.29) is 17.9 Å². The number of ether oxygens (including phenoxy) is 2. The molecule has 3 N–H and O–H groups in total. The van der Waals surface area contributed by atoms with Crippen molar-refractivity contribution in [3.63, 3.8) is 0 Å². The summed E-state index contributed by atoms with van der Waals surface area (Å²) in [5.41, 5.74) is 6.08. The third-order valence-electron chi connectivity index (χ3n) is 7.69. The Hall–Kier alpha value is -4.60. The molecule has 2 atom stereocenters. The van der Waals surface area contributed by atoms with Crippen LogP contribution in [0.1, 0.15) is 49.7 Å². The summed E-state index contributed by atoms with van der Waals surface area (Å²) in [5, 5.41) is 2.69. The summed E-state index contributed by atoms with van der Waals surface area (Å²) in [4.78, 5) is 42.5. The summed E-state index contributed by atoms with van der Waals surface area (Å²) in [6, 6.07) is 11.5. The van der Waals surface area contributed by atoms with Crippen molar-refractivity contribution in [1.29, 1.82) is 0 Å². The molecule has 10 heteroatoms. The first-order valence-corrected chi connectivity index (χ1v) is 13.5. The van der Waals surface area contributed by atoms with Crippen LogP contribution >= 0.6 is 0 Å². The third kappa shape index (κ3) is 4.81. The lowest BCUT2D eigenvalue weighted by molar-refractivity contribution is -0.135. The van der Waals surface area contributed by atoms with Gasteiger partial charge in [-0.15, -0.1) is 0 Å². The number of rotatable bonds is 6. The molecule has 10 nitrogen and oxygen atoms in total. The zero-order valence-corrected chi connectivity index (χ0v) is 22.7. The van der Waals surface area contributed by atoms with Crippen LogP contribution < -0.4 is 10.1 Å². The molecule has 2 unspecified atom stereocenters. The topological polar surface area (TPSA) is 125 Å². The Kier molecular flexibility index (Phi) is 6.75. The molecule has 2 aromatic carbocycles. The molecule has 0 radical (unpaired) electrons. The first kappa shape index (κ1) is 25.7. The van der Waals surface area contributed by atoms with Crippen LogP contribution in [0.2, 0.25) is 0 Å². The standard InChI is InChI=1S/C30H32N6O4/c1-17(2)27(35-30(38)39-3)29(37)36-10-4-5-24(36)28-32-15-23(34-28)18-8-9-25-21(11-18)12-20-7-6-19(13-26(20)40-25)22-14-31-16-33-22/h6-9,11,13-17,24,27H,4-5,10,12H2,1-3H3,(H,31,33)(H,32,34)(H,35,38). The monoisotopic (exact) mass is 540 g/mol. The van der Waals surface area contributed by atoms with E-state index in [0.29, 0.717) is 6.54 Å². The molecule has 1 saturated heterocycles. The van der Waals surface area contributed by atoms with Gasteiger partial charge in [-0.2, -0.15) is 0 Å². The molecule has 0 spiro atoms. The van der Waals surface area contributed by atoms with Gasteiger partial charge in [0, 0.05) is 24.1 Å². The number of methoxy groups -OCH3 is 1. The first-order chi connectivity index (χ1) is 19.4. The van der Waals surface area contributed by atoms with E-state index in [2.05, 4.69) is 43.5 Å². The maximum Gasteiger partial charge on any atom is 0.407 e. The van der Waals surface area contributed by atoms with Crippen molar-refractivity contribution < 1.29 is 19.1 Å². The van der Waals surface area contributed by atoms with E-state index in [1.165, 1.54) is 7.11 Å². The van der Waals surface area contributed by atoms with Gasteiger partial charge >= 0.3 is 6.09 Å². The molecule has 2 aliphatic rings. The molecule has 0 bridgehead atoms. The number of fused-ring (bicyclic) bond motifs is 2. The summed E-state index contributed by atoms with van der Waals surface area (Å²) in [6.07, 6.45) is 7.10. The number of nitrogens with zero attached hydrogens (tertiary/aromatic N) is 3. The van der Waals surface area contributed by atoms with Gasteiger partial charge in [0.1, 0.15) is 23.4 Å². The van der Waals surface area contributed by atoms with E-state index in [9.17, 15) is 9.59 Å². The predicted octanol–water partition coefficient (Wildman–Crippen LogP) is 5.21. The van der Waals surface area contributed by atoms with Crippen LogP contribution in [0.5, 0.6) is 11.5 Å². The average molecular weight is 541 g/mol. The molecule has 6 rings (SSSR count). The number of carbonyl (C=O) groups excluding carboxylic acids is 2. The van der Waals surface area contributed by atoms with Crippen molar-refractivity contribution in [2.24, 2.45) is 5.92 Å². The highest BCUT2D eigenvalue weighted by Crippen LogP contribution is 2.40. The number of H-pyrrole nitrogens is 2. The third-order valence-corrected chi connectivity index (χ3v) is 7.69. The van der Waals surface area contributed by atoms with Gasteiger partial charge in [0.25, 0.3) is 0 Å². The van der Waals surface area contributed by atoms with Gasteiger partial charge in [0.05, 0.1) is 43.3 Å². The van der Waals surface area contributed by atoms with E-state index in [1.54, 1.807) is 12.5 Å². The first-order valence-electron chi connectivity index (χ1n) is 13.5. The summed E-state index contributed by atoms with van der Waals surface area (Å²) >= 11 is 0. The molecule has 4 aromatic rings. The molecule has 2 aromatic heterocycles. The van der Waals surface area contributed by atoms with E-state index < -0.39 is 12.1 Å². The second-order valence-corrected chi connectivity index (χ2v) is 10.6. The lowest BCUT2D eigenvalue weighted by Crippen LogP contribution is -2.51. The van der Waals surface area contributed by atoms with Gasteiger partial charge in [-0.3, -0.25) is 4.79 Å². The van der Waals surface area contributed by atoms with E-state index >= 15 is 0 Å². The van der Waals surface area contributed by atoms with Crippen LogP contribution in [0.15, 0.2) is 55.1 Å². The minimum Gasteiger partial charge on any atom is -0.457 e. The highest BCUT2D eigenvalue weighted by atomic mass is 16.5. The Balaban J connectivity index is 1.20.